The third kappa shape index (κ3) is 5.75. The van der Waals surface area contributed by atoms with Gasteiger partial charge in [-0.1, -0.05) is 12.1 Å². The van der Waals surface area contributed by atoms with Crippen molar-refractivity contribution >= 4 is 23.6 Å². The van der Waals surface area contributed by atoms with Gasteiger partial charge in [0.15, 0.2) is 11.5 Å². The van der Waals surface area contributed by atoms with E-state index in [1.165, 1.54) is 11.0 Å². The van der Waals surface area contributed by atoms with E-state index in [1.54, 1.807) is 44.5 Å². The summed E-state index contributed by atoms with van der Waals surface area (Å²) in [4.78, 5) is 25.9. The van der Waals surface area contributed by atoms with E-state index in [-0.39, 0.29) is 18.4 Å². The van der Waals surface area contributed by atoms with E-state index in [9.17, 15) is 9.59 Å². The Hall–Kier alpha value is -3.48. The average molecular weight is 396 g/mol. The molecule has 152 valence electrons. The van der Waals surface area contributed by atoms with Crippen LogP contribution in [0.1, 0.15) is 12.0 Å². The van der Waals surface area contributed by atoms with Crippen LogP contribution in [-0.2, 0) is 9.59 Å². The number of hydrogen-bond donors (Lipinski definition) is 1. The molecule has 1 heterocycles. The second-order valence-electron chi connectivity index (χ2n) is 6.56. The van der Waals surface area contributed by atoms with Crippen molar-refractivity contribution in [3.05, 3.63) is 54.1 Å². The van der Waals surface area contributed by atoms with Gasteiger partial charge in [0.1, 0.15) is 5.75 Å². The highest BCUT2D eigenvalue weighted by atomic mass is 16.5. The predicted octanol–water partition coefficient (Wildman–Crippen LogP) is 2.97. The smallest absolute Gasteiger partial charge is 0.246 e. The Kier molecular flexibility index (Phi) is 6.73. The molecule has 1 aliphatic rings. The van der Waals surface area contributed by atoms with Gasteiger partial charge in [0.25, 0.3) is 0 Å². The summed E-state index contributed by atoms with van der Waals surface area (Å²) in [5.74, 6) is 1.45. The van der Waals surface area contributed by atoms with E-state index >= 15 is 0 Å². The SMILES string of the molecule is COc1cccc(NC(=O)CN(C)C(=O)/C=C/c2ccc3c(c2)OCCCO3)c1. The number of anilines is 1. The van der Waals surface area contributed by atoms with Crippen LogP contribution in [0.25, 0.3) is 6.08 Å². The number of amides is 2. The van der Waals surface area contributed by atoms with Crippen LogP contribution < -0.4 is 19.5 Å². The number of nitrogens with zero attached hydrogens (tertiary/aromatic N) is 1. The van der Waals surface area contributed by atoms with Crippen LogP contribution in [0.4, 0.5) is 5.69 Å². The monoisotopic (exact) mass is 396 g/mol. The number of benzene rings is 2. The molecule has 2 amide bonds. The highest BCUT2D eigenvalue weighted by molar-refractivity contribution is 5.98. The number of hydrogen-bond acceptors (Lipinski definition) is 5. The summed E-state index contributed by atoms with van der Waals surface area (Å²) in [5.41, 5.74) is 1.43. The van der Waals surface area contributed by atoms with Crippen molar-refractivity contribution in [1.82, 2.24) is 4.90 Å². The van der Waals surface area contributed by atoms with Gasteiger partial charge in [-0.05, 0) is 35.9 Å². The fourth-order valence-corrected chi connectivity index (χ4v) is 2.77. The molecule has 1 N–H and O–H groups in total. The average Bonchev–Trinajstić information content (AvgIpc) is 2.96. The number of fused-ring (bicyclic) bond motifs is 1. The summed E-state index contributed by atoms with van der Waals surface area (Å²) in [7, 11) is 3.13. The molecule has 7 nitrogen and oxygen atoms in total. The Morgan fingerprint density at radius 2 is 1.93 bits per heavy atom. The first-order valence-corrected chi connectivity index (χ1v) is 9.32. The van der Waals surface area contributed by atoms with E-state index in [4.69, 9.17) is 14.2 Å². The lowest BCUT2D eigenvalue weighted by molar-refractivity contribution is -0.129. The summed E-state index contributed by atoms with van der Waals surface area (Å²) in [6.07, 6.45) is 3.95. The minimum atomic E-state index is -0.293. The second kappa shape index (κ2) is 9.64. The van der Waals surface area contributed by atoms with Gasteiger partial charge in [-0.25, -0.2) is 0 Å². The summed E-state index contributed by atoms with van der Waals surface area (Å²) < 4.78 is 16.4. The van der Waals surface area contributed by atoms with E-state index in [1.807, 2.05) is 18.2 Å². The molecule has 0 saturated carbocycles. The van der Waals surface area contributed by atoms with Crippen LogP contribution in [0.3, 0.4) is 0 Å². The van der Waals surface area contributed by atoms with Gasteiger partial charge in [-0.3, -0.25) is 9.59 Å². The van der Waals surface area contributed by atoms with Crippen LogP contribution in [0, 0.1) is 0 Å². The molecule has 0 bridgehead atoms. The molecule has 0 aromatic heterocycles. The fourth-order valence-electron chi connectivity index (χ4n) is 2.77. The van der Waals surface area contributed by atoms with E-state index in [0.717, 1.165) is 12.0 Å². The maximum atomic E-state index is 12.3. The molecule has 2 aromatic rings. The molecule has 2 aromatic carbocycles. The maximum absolute atomic E-state index is 12.3. The van der Waals surface area contributed by atoms with Crippen molar-refractivity contribution in [3.8, 4) is 17.2 Å². The standard InChI is InChI=1S/C22H24N2O5/c1-24(15-21(25)23-17-5-3-6-18(14-17)27-2)22(26)10-8-16-7-9-19-20(13-16)29-12-4-11-28-19/h3,5-10,13-14H,4,11-12,15H2,1-2H3,(H,23,25)/b10-8+. The van der Waals surface area contributed by atoms with Gasteiger partial charge >= 0.3 is 0 Å². The molecule has 3 rings (SSSR count). The van der Waals surface area contributed by atoms with Gasteiger partial charge in [-0.15, -0.1) is 0 Å². The largest absolute Gasteiger partial charge is 0.497 e. The molecular weight excluding hydrogens is 372 g/mol. The zero-order valence-electron chi connectivity index (χ0n) is 16.5. The second-order valence-corrected chi connectivity index (χ2v) is 6.56. The Bertz CT molecular complexity index is 910. The van der Waals surface area contributed by atoms with Crippen LogP contribution in [-0.4, -0.2) is 50.6 Å². The number of likely N-dealkylation sites (N-methyl/N-ethyl adjacent to an activating group) is 1. The lowest BCUT2D eigenvalue weighted by Gasteiger charge is -2.15. The molecule has 0 radical (unpaired) electrons. The molecule has 0 saturated heterocycles. The molecule has 0 atom stereocenters. The van der Waals surface area contributed by atoms with Gasteiger partial charge in [0, 0.05) is 31.3 Å². The minimum absolute atomic E-state index is 0.0679. The van der Waals surface area contributed by atoms with Crippen molar-refractivity contribution in [1.29, 1.82) is 0 Å². The third-order valence-corrected chi connectivity index (χ3v) is 4.30. The quantitative estimate of drug-likeness (QED) is 0.760. The Morgan fingerprint density at radius 3 is 2.72 bits per heavy atom. The number of ether oxygens (including phenoxy) is 3. The normalized spacial score (nSPS) is 12.9. The summed E-state index contributed by atoms with van der Waals surface area (Å²) in [6.45, 7) is 1.16. The first-order chi connectivity index (χ1) is 14.0. The van der Waals surface area contributed by atoms with Gasteiger partial charge in [0.2, 0.25) is 11.8 Å². The van der Waals surface area contributed by atoms with Crippen molar-refractivity contribution in [2.24, 2.45) is 0 Å². The van der Waals surface area contributed by atoms with Crippen LogP contribution >= 0.6 is 0 Å². The molecule has 0 spiro atoms. The molecule has 0 aliphatic carbocycles. The summed E-state index contributed by atoms with van der Waals surface area (Å²) >= 11 is 0. The fraction of sp³-hybridized carbons (Fsp3) is 0.273. The highest BCUT2D eigenvalue weighted by Gasteiger charge is 2.12. The third-order valence-electron chi connectivity index (χ3n) is 4.30. The Morgan fingerprint density at radius 1 is 1.14 bits per heavy atom. The van der Waals surface area contributed by atoms with Gasteiger partial charge in [-0.2, -0.15) is 0 Å². The van der Waals surface area contributed by atoms with Crippen LogP contribution in [0.2, 0.25) is 0 Å². The van der Waals surface area contributed by atoms with E-state index in [0.29, 0.717) is 36.1 Å². The van der Waals surface area contributed by atoms with Crippen molar-refractivity contribution in [3.63, 3.8) is 0 Å². The summed E-state index contributed by atoms with van der Waals surface area (Å²) in [6, 6.07) is 12.6. The van der Waals surface area contributed by atoms with E-state index in [2.05, 4.69) is 5.32 Å². The molecule has 0 fully saturated rings. The topological polar surface area (TPSA) is 77.1 Å². The molecular formula is C22H24N2O5. The number of nitrogens with one attached hydrogen (secondary N) is 1. The van der Waals surface area contributed by atoms with Gasteiger partial charge in [0.05, 0.1) is 26.9 Å². The Labute approximate surface area is 169 Å². The number of rotatable bonds is 6. The highest BCUT2D eigenvalue weighted by Crippen LogP contribution is 2.30. The molecule has 29 heavy (non-hydrogen) atoms. The van der Waals surface area contributed by atoms with Crippen LogP contribution in [0.5, 0.6) is 17.2 Å². The molecule has 7 heteroatoms. The zero-order chi connectivity index (χ0) is 20.6. The van der Waals surface area contributed by atoms with Crippen LogP contribution in [0.15, 0.2) is 48.5 Å². The minimum Gasteiger partial charge on any atom is -0.497 e. The Balaban J connectivity index is 1.55. The number of carbonyl (C=O) groups excluding carboxylic acids is 2. The first-order valence-electron chi connectivity index (χ1n) is 9.32. The number of carbonyl (C=O) groups is 2. The van der Waals surface area contributed by atoms with E-state index < -0.39 is 0 Å². The zero-order valence-corrected chi connectivity index (χ0v) is 16.5. The molecule has 0 unspecified atom stereocenters. The van der Waals surface area contributed by atoms with Crippen molar-refractivity contribution < 1.29 is 23.8 Å². The predicted molar refractivity (Wildman–Crippen MR) is 110 cm³/mol. The van der Waals surface area contributed by atoms with Gasteiger partial charge < -0.3 is 24.4 Å². The lowest BCUT2D eigenvalue weighted by atomic mass is 10.2. The maximum Gasteiger partial charge on any atom is 0.246 e. The first kappa shape index (κ1) is 20.3. The lowest BCUT2D eigenvalue weighted by Crippen LogP contribution is -2.33. The van der Waals surface area contributed by atoms with Crippen molar-refractivity contribution in [2.45, 2.75) is 6.42 Å². The summed E-state index contributed by atoms with van der Waals surface area (Å²) in [5, 5.41) is 2.75. The van der Waals surface area contributed by atoms with Crippen molar-refractivity contribution in [2.75, 3.05) is 39.2 Å². The number of methoxy groups -OCH3 is 1. The molecule has 1 aliphatic heterocycles.